The summed E-state index contributed by atoms with van der Waals surface area (Å²) in [4.78, 5) is 12.1. The lowest BCUT2D eigenvalue weighted by molar-refractivity contribution is 0.102. The van der Waals surface area contributed by atoms with Gasteiger partial charge >= 0.3 is 0 Å². The highest BCUT2D eigenvalue weighted by molar-refractivity contribution is 9.09. The van der Waals surface area contributed by atoms with Gasteiger partial charge in [0.2, 0.25) is 0 Å². The Bertz CT molecular complexity index is 626. The number of rotatable bonds is 5. The van der Waals surface area contributed by atoms with Gasteiger partial charge in [0.15, 0.2) is 11.5 Å². The number of halogens is 1. The number of ether oxygens (including phenoxy) is 1. The number of nitrogens with one attached hydrogen (secondary N) is 1. The monoisotopic (exact) mass is 349 g/mol. The fraction of sp³-hybridized carbons (Fsp3) is 0.188. The largest absolute Gasteiger partial charge is 0.504 e. The van der Waals surface area contributed by atoms with Crippen LogP contribution in [-0.4, -0.2) is 23.5 Å². The molecule has 0 aliphatic heterocycles. The summed E-state index contributed by atoms with van der Waals surface area (Å²) in [5.41, 5.74) is 2.29. The van der Waals surface area contributed by atoms with Crippen LogP contribution in [-0.2, 0) is 6.42 Å². The minimum atomic E-state index is -0.277. The van der Waals surface area contributed by atoms with E-state index in [1.165, 1.54) is 18.7 Å². The lowest BCUT2D eigenvalue weighted by Crippen LogP contribution is -2.11. The summed E-state index contributed by atoms with van der Waals surface area (Å²) in [5, 5.41) is 13.4. The van der Waals surface area contributed by atoms with E-state index in [1.54, 1.807) is 12.1 Å². The van der Waals surface area contributed by atoms with Crippen molar-refractivity contribution in [3.05, 3.63) is 53.6 Å². The topological polar surface area (TPSA) is 58.6 Å². The zero-order chi connectivity index (χ0) is 15.2. The highest BCUT2D eigenvalue weighted by Gasteiger charge is 2.09. The molecule has 4 nitrogen and oxygen atoms in total. The Hall–Kier alpha value is -2.01. The normalized spacial score (nSPS) is 10.2. The quantitative estimate of drug-likeness (QED) is 0.811. The van der Waals surface area contributed by atoms with Crippen molar-refractivity contribution in [2.75, 3.05) is 17.8 Å². The predicted octanol–water partition coefficient (Wildman–Crippen LogP) is 3.59. The molecule has 0 saturated heterocycles. The van der Waals surface area contributed by atoms with Crippen molar-refractivity contribution in [2.24, 2.45) is 0 Å². The van der Waals surface area contributed by atoms with Crippen molar-refractivity contribution in [3.63, 3.8) is 0 Å². The highest BCUT2D eigenvalue weighted by atomic mass is 79.9. The maximum absolute atomic E-state index is 12.1. The molecule has 0 spiro atoms. The van der Waals surface area contributed by atoms with Crippen LogP contribution in [0.1, 0.15) is 15.9 Å². The summed E-state index contributed by atoms with van der Waals surface area (Å²) in [5.74, 6) is 0.00434. The van der Waals surface area contributed by atoms with Crippen LogP contribution < -0.4 is 10.1 Å². The van der Waals surface area contributed by atoms with Crippen LogP contribution in [0.3, 0.4) is 0 Å². The standard InChI is InChI=1S/C16H16BrNO3/c1-21-15-7-4-12(10-14(15)19)16(20)18-13-5-2-11(3-6-13)8-9-17/h2-7,10,19H,8-9H2,1H3,(H,18,20). The lowest BCUT2D eigenvalue weighted by Gasteiger charge is -2.08. The second-order valence-corrected chi connectivity index (χ2v) is 5.27. The number of carbonyl (C=O) groups is 1. The van der Waals surface area contributed by atoms with Crippen molar-refractivity contribution in [2.45, 2.75) is 6.42 Å². The summed E-state index contributed by atoms with van der Waals surface area (Å²) in [6.07, 6.45) is 0.945. The molecule has 110 valence electrons. The Labute approximate surface area is 131 Å². The average molecular weight is 350 g/mol. The summed E-state index contributed by atoms with van der Waals surface area (Å²) < 4.78 is 4.95. The lowest BCUT2D eigenvalue weighted by atomic mass is 10.1. The molecule has 21 heavy (non-hydrogen) atoms. The molecule has 0 atom stereocenters. The SMILES string of the molecule is COc1ccc(C(=O)Nc2ccc(CCBr)cc2)cc1O. The number of aromatic hydroxyl groups is 1. The molecule has 0 aliphatic rings. The van der Waals surface area contributed by atoms with Crippen LogP contribution in [0.5, 0.6) is 11.5 Å². The van der Waals surface area contributed by atoms with Gasteiger partial charge in [-0.3, -0.25) is 4.79 Å². The molecule has 0 heterocycles. The molecule has 5 heteroatoms. The Morgan fingerprint density at radius 3 is 2.52 bits per heavy atom. The maximum atomic E-state index is 12.1. The van der Waals surface area contributed by atoms with Crippen molar-refractivity contribution in [1.29, 1.82) is 0 Å². The summed E-state index contributed by atoms with van der Waals surface area (Å²) in [6.45, 7) is 0. The van der Waals surface area contributed by atoms with Crippen LogP contribution >= 0.6 is 15.9 Å². The number of phenols is 1. The van der Waals surface area contributed by atoms with E-state index in [4.69, 9.17) is 4.74 Å². The van der Waals surface area contributed by atoms with E-state index in [0.717, 1.165) is 11.8 Å². The van der Waals surface area contributed by atoms with E-state index < -0.39 is 0 Å². The third kappa shape index (κ3) is 3.98. The van der Waals surface area contributed by atoms with E-state index in [1.807, 2.05) is 24.3 Å². The van der Waals surface area contributed by atoms with Gasteiger partial charge in [-0.1, -0.05) is 28.1 Å². The number of anilines is 1. The smallest absolute Gasteiger partial charge is 0.255 e. The molecule has 2 rings (SSSR count). The molecule has 0 radical (unpaired) electrons. The zero-order valence-electron chi connectivity index (χ0n) is 11.6. The predicted molar refractivity (Wildman–Crippen MR) is 86.6 cm³/mol. The van der Waals surface area contributed by atoms with Gasteiger partial charge in [0.05, 0.1) is 7.11 Å². The molecule has 0 fully saturated rings. The molecule has 0 saturated carbocycles. The van der Waals surface area contributed by atoms with E-state index in [-0.39, 0.29) is 11.7 Å². The molecule has 0 aliphatic carbocycles. The molecule has 2 N–H and O–H groups in total. The Kier molecular flexibility index (Phi) is 5.22. The van der Waals surface area contributed by atoms with Crippen molar-refractivity contribution in [3.8, 4) is 11.5 Å². The van der Waals surface area contributed by atoms with Crippen LogP contribution in [0.25, 0.3) is 0 Å². The summed E-state index contributed by atoms with van der Waals surface area (Å²) >= 11 is 3.39. The first-order valence-corrected chi connectivity index (χ1v) is 7.59. The molecular weight excluding hydrogens is 334 g/mol. The molecule has 0 unspecified atom stereocenters. The van der Waals surface area contributed by atoms with Gasteiger partial charge < -0.3 is 15.2 Å². The van der Waals surface area contributed by atoms with Crippen LogP contribution in [0.15, 0.2) is 42.5 Å². The van der Waals surface area contributed by atoms with Crippen LogP contribution in [0.2, 0.25) is 0 Å². The molecule has 0 bridgehead atoms. The number of amides is 1. The number of hydrogen-bond donors (Lipinski definition) is 2. The van der Waals surface area contributed by atoms with Crippen molar-refractivity contribution in [1.82, 2.24) is 0 Å². The van der Waals surface area contributed by atoms with Crippen molar-refractivity contribution < 1.29 is 14.6 Å². The van der Waals surface area contributed by atoms with Crippen molar-refractivity contribution >= 4 is 27.5 Å². The second-order valence-electron chi connectivity index (χ2n) is 4.48. The fourth-order valence-corrected chi connectivity index (χ4v) is 2.36. The van der Waals surface area contributed by atoms with E-state index in [2.05, 4.69) is 21.2 Å². The number of carbonyl (C=O) groups excluding carboxylic acids is 1. The maximum Gasteiger partial charge on any atom is 0.255 e. The Morgan fingerprint density at radius 1 is 1.24 bits per heavy atom. The average Bonchev–Trinajstić information content (AvgIpc) is 2.49. The fourth-order valence-electron chi connectivity index (χ4n) is 1.90. The molecule has 2 aromatic carbocycles. The van der Waals surface area contributed by atoms with Gasteiger partial charge in [-0.25, -0.2) is 0 Å². The van der Waals surface area contributed by atoms with E-state index >= 15 is 0 Å². The first-order valence-electron chi connectivity index (χ1n) is 6.47. The van der Waals surface area contributed by atoms with Gasteiger partial charge in [-0.05, 0) is 42.3 Å². The van der Waals surface area contributed by atoms with Gasteiger partial charge in [-0.15, -0.1) is 0 Å². The third-order valence-corrected chi connectivity index (χ3v) is 3.43. The van der Waals surface area contributed by atoms with Gasteiger partial charge in [0.1, 0.15) is 0 Å². The van der Waals surface area contributed by atoms with Gasteiger partial charge in [0, 0.05) is 16.6 Å². The molecule has 0 aromatic heterocycles. The molecule has 1 amide bonds. The van der Waals surface area contributed by atoms with E-state index in [0.29, 0.717) is 17.0 Å². The van der Waals surface area contributed by atoms with Crippen LogP contribution in [0.4, 0.5) is 5.69 Å². The molecule has 2 aromatic rings. The third-order valence-electron chi connectivity index (χ3n) is 3.04. The number of benzene rings is 2. The number of hydrogen-bond acceptors (Lipinski definition) is 3. The number of aryl methyl sites for hydroxylation is 1. The summed E-state index contributed by atoms with van der Waals surface area (Å²) in [6, 6.07) is 12.2. The Balaban J connectivity index is 2.08. The second kappa shape index (κ2) is 7.13. The van der Waals surface area contributed by atoms with Gasteiger partial charge in [-0.2, -0.15) is 0 Å². The zero-order valence-corrected chi connectivity index (χ0v) is 13.2. The molecular formula is C16H16BrNO3. The van der Waals surface area contributed by atoms with E-state index in [9.17, 15) is 9.90 Å². The minimum Gasteiger partial charge on any atom is -0.504 e. The highest BCUT2D eigenvalue weighted by Crippen LogP contribution is 2.26. The first-order chi connectivity index (χ1) is 10.1. The Morgan fingerprint density at radius 2 is 1.95 bits per heavy atom. The van der Waals surface area contributed by atoms with Gasteiger partial charge in [0.25, 0.3) is 5.91 Å². The number of methoxy groups -OCH3 is 1. The number of phenolic OH excluding ortho intramolecular Hbond substituents is 1. The summed E-state index contributed by atoms with van der Waals surface area (Å²) in [7, 11) is 1.46. The minimum absolute atomic E-state index is 0.0576. The van der Waals surface area contributed by atoms with Crippen LogP contribution in [0, 0.1) is 0 Å². The number of alkyl halides is 1. The first kappa shape index (κ1) is 15.4.